The molecule has 1 amide bonds. The van der Waals surface area contributed by atoms with Gasteiger partial charge in [-0.2, -0.15) is 0 Å². The van der Waals surface area contributed by atoms with Crippen LogP contribution in [-0.4, -0.2) is 22.8 Å². The summed E-state index contributed by atoms with van der Waals surface area (Å²) < 4.78 is 11.3. The molecule has 0 aromatic heterocycles. The Bertz CT molecular complexity index is 884. The summed E-state index contributed by atoms with van der Waals surface area (Å²) in [5, 5.41) is 12.0. The summed E-state index contributed by atoms with van der Waals surface area (Å²) in [7, 11) is 0. The van der Waals surface area contributed by atoms with Gasteiger partial charge in [-0.3, -0.25) is 0 Å². The number of rotatable bonds is 5. The predicted octanol–water partition coefficient (Wildman–Crippen LogP) is 5.36. The monoisotopic (exact) mass is 399 g/mol. The number of alkyl carbamates (subject to hydrolysis) is 1. The summed E-state index contributed by atoms with van der Waals surface area (Å²) in [5.41, 5.74) is 3.47. The van der Waals surface area contributed by atoms with Crippen molar-refractivity contribution in [2.45, 2.75) is 60.1 Å². The van der Waals surface area contributed by atoms with Crippen LogP contribution in [0, 0.1) is 27.7 Å². The lowest BCUT2D eigenvalue weighted by Gasteiger charge is -2.23. The van der Waals surface area contributed by atoms with Gasteiger partial charge in [-0.05, 0) is 101 Å². The fourth-order valence-electron chi connectivity index (χ4n) is 3.13. The van der Waals surface area contributed by atoms with Crippen molar-refractivity contribution >= 4 is 12.1 Å². The molecular formula is C23H29NO5. The van der Waals surface area contributed by atoms with E-state index in [1.165, 1.54) is 0 Å². The topological polar surface area (TPSA) is 84.9 Å². The molecule has 0 aliphatic rings. The number of aliphatic carboxylic acids is 1. The average molecular weight is 399 g/mol. The number of carboxylic acids is 1. The molecule has 2 N–H and O–H groups in total. The van der Waals surface area contributed by atoms with Crippen LogP contribution in [0.1, 0.15) is 54.6 Å². The average Bonchev–Trinajstić information content (AvgIpc) is 2.53. The molecule has 0 bridgehead atoms. The molecule has 0 aliphatic heterocycles. The number of amides is 1. The molecule has 6 nitrogen and oxygen atoms in total. The molecule has 0 spiro atoms. The van der Waals surface area contributed by atoms with Crippen molar-refractivity contribution in [1.82, 2.24) is 5.32 Å². The summed E-state index contributed by atoms with van der Waals surface area (Å²) in [6.45, 7) is 12.9. The highest BCUT2D eigenvalue weighted by Crippen LogP contribution is 2.32. The third-order valence-electron chi connectivity index (χ3n) is 4.14. The maximum absolute atomic E-state index is 12.1. The molecule has 2 aromatic carbocycles. The summed E-state index contributed by atoms with van der Waals surface area (Å²) in [6.07, 6.45) is -0.782. The Balaban J connectivity index is 2.31. The van der Waals surface area contributed by atoms with Crippen LogP contribution in [-0.2, 0) is 9.53 Å². The van der Waals surface area contributed by atoms with Crippen molar-refractivity contribution in [2.24, 2.45) is 0 Å². The van der Waals surface area contributed by atoms with E-state index in [0.29, 0.717) is 11.3 Å². The normalized spacial score (nSPS) is 12.2. The Morgan fingerprint density at radius 3 is 1.90 bits per heavy atom. The maximum atomic E-state index is 12.1. The van der Waals surface area contributed by atoms with Crippen molar-refractivity contribution in [3.05, 3.63) is 58.1 Å². The lowest BCUT2D eigenvalue weighted by atomic mass is 10.00. The van der Waals surface area contributed by atoms with Gasteiger partial charge in [0.15, 0.2) is 6.04 Å². The van der Waals surface area contributed by atoms with Gasteiger partial charge in [-0.15, -0.1) is 0 Å². The molecule has 0 aliphatic carbocycles. The van der Waals surface area contributed by atoms with E-state index in [1.54, 1.807) is 32.9 Å². The molecule has 0 saturated heterocycles. The molecule has 1 unspecified atom stereocenters. The second-order valence-electron chi connectivity index (χ2n) is 8.33. The molecule has 0 radical (unpaired) electrons. The molecule has 156 valence electrons. The number of nitrogens with one attached hydrogen (secondary N) is 1. The van der Waals surface area contributed by atoms with Crippen LogP contribution in [0.4, 0.5) is 4.79 Å². The Morgan fingerprint density at radius 1 is 0.931 bits per heavy atom. The van der Waals surface area contributed by atoms with Gasteiger partial charge < -0.3 is 19.9 Å². The van der Waals surface area contributed by atoms with Crippen LogP contribution in [0.3, 0.4) is 0 Å². The number of ether oxygens (including phenoxy) is 2. The van der Waals surface area contributed by atoms with Crippen molar-refractivity contribution in [1.29, 1.82) is 0 Å². The fourth-order valence-corrected chi connectivity index (χ4v) is 3.13. The molecule has 0 saturated carbocycles. The molecule has 1 atom stereocenters. The Labute approximate surface area is 171 Å². The Morgan fingerprint density at radius 2 is 1.45 bits per heavy atom. The summed E-state index contributed by atoms with van der Waals surface area (Å²) in [5.74, 6) is 0.223. The number of aryl methyl sites for hydroxylation is 4. The zero-order chi connectivity index (χ0) is 21.9. The standard InChI is InChI=1S/C23H29NO5/c1-13-8-14(2)10-18(9-13)28-20-15(3)11-17(12-16(20)4)19(21(25)26)24-22(27)29-23(5,6)7/h8-12,19H,1-7H3,(H,24,27)(H,25,26). The van der Waals surface area contributed by atoms with Crippen LogP contribution < -0.4 is 10.1 Å². The Hall–Kier alpha value is -3.02. The van der Waals surface area contributed by atoms with E-state index in [9.17, 15) is 14.7 Å². The first-order chi connectivity index (χ1) is 13.4. The first-order valence-corrected chi connectivity index (χ1v) is 9.45. The van der Waals surface area contributed by atoms with E-state index in [4.69, 9.17) is 9.47 Å². The molecular weight excluding hydrogens is 370 g/mol. The van der Waals surface area contributed by atoms with E-state index >= 15 is 0 Å². The molecule has 2 rings (SSSR count). The van der Waals surface area contributed by atoms with E-state index < -0.39 is 23.7 Å². The molecule has 2 aromatic rings. The van der Waals surface area contributed by atoms with Crippen LogP contribution in [0.2, 0.25) is 0 Å². The van der Waals surface area contributed by atoms with Crippen LogP contribution >= 0.6 is 0 Å². The van der Waals surface area contributed by atoms with Crippen molar-refractivity contribution in [2.75, 3.05) is 0 Å². The van der Waals surface area contributed by atoms with E-state index in [2.05, 4.69) is 11.4 Å². The number of benzene rings is 2. The molecule has 29 heavy (non-hydrogen) atoms. The number of hydrogen-bond acceptors (Lipinski definition) is 4. The number of carbonyl (C=O) groups excluding carboxylic acids is 1. The SMILES string of the molecule is Cc1cc(C)cc(Oc2c(C)cc(C(NC(=O)OC(C)(C)C)C(=O)O)cc2C)c1. The zero-order valence-electron chi connectivity index (χ0n) is 18.0. The van der Waals surface area contributed by atoms with Crippen LogP contribution in [0.15, 0.2) is 30.3 Å². The fraction of sp³-hybridized carbons (Fsp3) is 0.391. The van der Waals surface area contributed by atoms with E-state index in [0.717, 1.165) is 28.0 Å². The molecule has 6 heteroatoms. The first-order valence-electron chi connectivity index (χ1n) is 9.45. The van der Waals surface area contributed by atoms with Gasteiger partial charge >= 0.3 is 12.1 Å². The minimum Gasteiger partial charge on any atom is -0.479 e. The van der Waals surface area contributed by atoms with Gasteiger partial charge in [0.2, 0.25) is 0 Å². The van der Waals surface area contributed by atoms with Crippen molar-refractivity contribution < 1.29 is 24.2 Å². The minimum absolute atomic E-state index is 0.450. The van der Waals surface area contributed by atoms with Gasteiger partial charge in [0.25, 0.3) is 0 Å². The second-order valence-corrected chi connectivity index (χ2v) is 8.33. The number of hydrogen-bond donors (Lipinski definition) is 2. The van der Waals surface area contributed by atoms with Gasteiger partial charge in [0.05, 0.1) is 0 Å². The summed E-state index contributed by atoms with van der Waals surface area (Å²) in [6, 6.07) is 8.16. The number of carbonyl (C=O) groups is 2. The summed E-state index contributed by atoms with van der Waals surface area (Å²) >= 11 is 0. The highest BCUT2D eigenvalue weighted by atomic mass is 16.6. The Kier molecular flexibility index (Phi) is 6.57. The second kappa shape index (κ2) is 8.55. The smallest absolute Gasteiger partial charge is 0.408 e. The van der Waals surface area contributed by atoms with Crippen LogP contribution in [0.5, 0.6) is 11.5 Å². The lowest BCUT2D eigenvalue weighted by Crippen LogP contribution is -2.38. The van der Waals surface area contributed by atoms with Gasteiger partial charge in [-0.1, -0.05) is 6.07 Å². The minimum atomic E-state index is -1.22. The van der Waals surface area contributed by atoms with Crippen molar-refractivity contribution in [3.8, 4) is 11.5 Å². The predicted molar refractivity (Wildman–Crippen MR) is 112 cm³/mol. The largest absolute Gasteiger partial charge is 0.479 e. The van der Waals surface area contributed by atoms with Crippen LogP contribution in [0.25, 0.3) is 0 Å². The lowest BCUT2D eigenvalue weighted by molar-refractivity contribution is -0.139. The van der Waals surface area contributed by atoms with Gasteiger partial charge in [0.1, 0.15) is 17.1 Å². The molecule has 0 heterocycles. The zero-order valence-corrected chi connectivity index (χ0v) is 18.0. The highest BCUT2D eigenvalue weighted by molar-refractivity contribution is 5.81. The van der Waals surface area contributed by atoms with Crippen molar-refractivity contribution in [3.63, 3.8) is 0 Å². The first kappa shape index (κ1) is 22.3. The van der Waals surface area contributed by atoms with Gasteiger partial charge in [0, 0.05) is 0 Å². The van der Waals surface area contributed by atoms with E-state index in [-0.39, 0.29) is 0 Å². The third-order valence-corrected chi connectivity index (χ3v) is 4.14. The maximum Gasteiger partial charge on any atom is 0.408 e. The third kappa shape index (κ3) is 6.24. The molecule has 0 fully saturated rings. The van der Waals surface area contributed by atoms with Gasteiger partial charge in [-0.25, -0.2) is 9.59 Å². The highest BCUT2D eigenvalue weighted by Gasteiger charge is 2.26. The number of carboxylic acid groups (broad SMARTS) is 1. The summed E-state index contributed by atoms with van der Waals surface area (Å²) in [4.78, 5) is 23.8. The quantitative estimate of drug-likeness (QED) is 0.707. The van der Waals surface area contributed by atoms with E-state index in [1.807, 2.05) is 39.8 Å².